The standard InChI is InChI=1S/C8H15N3S/c1-10-2-4-11(5-3-10)8-6-12-7-9-8/h7-8H,2-6H2,1H3. The molecule has 0 aromatic carbocycles. The molecule has 1 saturated heterocycles. The molecule has 0 amide bonds. The third-order valence-corrected chi connectivity index (χ3v) is 3.27. The van der Waals surface area contributed by atoms with Crippen molar-refractivity contribution in [3.05, 3.63) is 0 Å². The zero-order valence-corrected chi connectivity index (χ0v) is 8.26. The maximum Gasteiger partial charge on any atom is 0.112 e. The predicted octanol–water partition coefficient (Wildman–Crippen LogP) is 0.335. The minimum atomic E-state index is 0.476. The maximum absolute atomic E-state index is 4.43. The van der Waals surface area contributed by atoms with Crippen molar-refractivity contribution in [3.63, 3.8) is 0 Å². The van der Waals surface area contributed by atoms with E-state index in [0.717, 1.165) is 5.75 Å². The molecule has 12 heavy (non-hydrogen) atoms. The highest BCUT2D eigenvalue weighted by molar-refractivity contribution is 8.12. The Labute approximate surface area is 77.8 Å². The molecule has 1 fully saturated rings. The summed E-state index contributed by atoms with van der Waals surface area (Å²) < 4.78 is 0. The lowest BCUT2D eigenvalue weighted by molar-refractivity contribution is 0.125. The van der Waals surface area contributed by atoms with Crippen molar-refractivity contribution in [1.82, 2.24) is 9.80 Å². The van der Waals surface area contributed by atoms with Gasteiger partial charge in [0.1, 0.15) is 6.17 Å². The predicted molar refractivity (Wildman–Crippen MR) is 53.8 cm³/mol. The van der Waals surface area contributed by atoms with Gasteiger partial charge in [-0.15, -0.1) is 11.8 Å². The van der Waals surface area contributed by atoms with Gasteiger partial charge in [0, 0.05) is 31.9 Å². The number of hydrogen-bond acceptors (Lipinski definition) is 4. The van der Waals surface area contributed by atoms with Crippen LogP contribution in [0.5, 0.6) is 0 Å². The van der Waals surface area contributed by atoms with Gasteiger partial charge in [0.05, 0.1) is 5.55 Å². The molecule has 4 heteroatoms. The second kappa shape index (κ2) is 3.77. The normalized spacial score (nSPS) is 32.9. The Hall–Kier alpha value is -0.0600. The molecule has 2 rings (SSSR count). The summed E-state index contributed by atoms with van der Waals surface area (Å²) in [4.78, 5) is 9.29. The molecule has 0 radical (unpaired) electrons. The third kappa shape index (κ3) is 1.81. The molecular weight excluding hydrogens is 170 g/mol. The number of rotatable bonds is 1. The molecule has 0 bridgehead atoms. The van der Waals surface area contributed by atoms with Gasteiger partial charge in [-0.05, 0) is 7.05 Å². The van der Waals surface area contributed by atoms with Gasteiger partial charge in [0.25, 0.3) is 0 Å². The van der Waals surface area contributed by atoms with Crippen LogP contribution in [0, 0.1) is 0 Å². The van der Waals surface area contributed by atoms with Gasteiger partial charge in [-0.3, -0.25) is 9.89 Å². The van der Waals surface area contributed by atoms with Crippen LogP contribution in [0.15, 0.2) is 4.99 Å². The van der Waals surface area contributed by atoms with Crippen molar-refractivity contribution in [2.45, 2.75) is 6.17 Å². The Morgan fingerprint density at radius 2 is 2.08 bits per heavy atom. The van der Waals surface area contributed by atoms with Crippen LogP contribution in [0.3, 0.4) is 0 Å². The Kier molecular flexibility index (Phi) is 2.68. The zero-order chi connectivity index (χ0) is 8.39. The molecule has 2 heterocycles. The van der Waals surface area contributed by atoms with E-state index in [1.54, 1.807) is 0 Å². The number of nitrogens with zero attached hydrogens (tertiary/aromatic N) is 3. The summed E-state index contributed by atoms with van der Waals surface area (Å²) in [5.41, 5.74) is 1.99. The van der Waals surface area contributed by atoms with E-state index in [-0.39, 0.29) is 0 Å². The first-order chi connectivity index (χ1) is 5.86. The van der Waals surface area contributed by atoms with E-state index < -0.39 is 0 Å². The summed E-state index contributed by atoms with van der Waals surface area (Å²) in [5, 5.41) is 0. The second-order valence-electron chi connectivity index (χ2n) is 3.41. The Morgan fingerprint density at radius 3 is 2.67 bits per heavy atom. The van der Waals surface area contributed by atoms with Gasteiger partial charge in [0.15, 0.2) is 0 Å². The quantitative estimate of drug-likeness (QED) is 0.587. The topological polar surface area (TPSA) is 18.8 Å². The fraction of sp³-hybridized carbons (Fsp3) is 0.875. The van der Waals surface area contributed by atoms with Crippen LogP contribution in [-0.4, -0.2) is 60.5 Å². The van der Waals surface area contributed by atoms with E-state index in [1.807, 2.05) is 17.3 Å². The van der Waals surface area contributed by atoms with Crippen LogP contribution in [0.4, 0.5) is 0 Å². The van der Waals surface area contributed by atoms with E-state index in [4.69, 9.17) is 0 Å². The molecule has 3 nitrogen and oxygen atoms in total. The molecule has 1 unspecified atom stereocenters. The van der Waals surface area contributed by atoms with Gasteiger partial charge in [0.2, 0.25) is 0 Å². The van der Waals surface area contributed by atoms with Crippen LogP contribution >= 0.6 is 11.8 Å². The lowest BCUT2D eigenvalue weighted by Gasteiger charge is -2.34. The Bertz CT molecular complexity index is 175. The maximum atomic E-state index is 4.43. The highest BCUT2D eigenvalue weighted by Gasteiger charge is 2.23. The summed E-state index contributed by atoms with van der Waals surface area (Å²) >= 11 is 1.83. The van der Waals surface area contributed by atoms with E-state index in [1.165, 1.54) is 26.2 Å². The smallest absolute Gasteiger partial charge is 0.112 e. The van der Waals surface area contributed by atoms with Crippen molar-refractivity contribution in [2.75, 3.05) is 39.0 Å². The number of hydrogen-bond donors (Lipinski definition) is 0. The molecule has 0 N–H and O–H groups in total. The number of likely N-dealkylation sites (N-methyl/N-ethyl adjacent to an activating group) is 1. The molecule has 0 spiro atoms. The van der Waals surface area contributed by atoms with Gasteiger partial charge >= 0.3 is 0 Å². The van der Waals surface area contributed by atoms with Crippen LogP contribution in [0.25, 0.3) is 0 Å². The monoisotopic (exact) mass is 185 g/mol. The highest BCUT2D eigenvalue weighted by atomic mass is 32.2. The van der Waals surface area contributed by atoms with Gasteiger partial charge in [-0.25, -0.2) is 0 Å². The van der Waals surface area contributed by atoms with E-state index >= 15 is 0 Å². The lowest BCUT2D eigenvalue weighted by Crippen LogP contribution is -2.48. The molecular formula is C8H15N3S. The summed E-state index contributed by atoms with van der Waals surface area (Å²) in [7, 11) is 2.18. The molecule has 68 valence electrons. The third-order valence-electron chi connectivity index (χ3n) is 2.51. The molecule has 0 aromatic heterocycles. The molecule has 2 aliphatic heterocycles. The fourth-order valence-electron chi connectivity index (χ4n) is 1.61. The second-order valence-corrected chi connectivity index (χ2v) is 4.29. The summed E-state index contributed by atoms with van der Waals surface area (Å²) in [5.74, 6) is 1.16. The summed E-state index contributed by atoms with van der Waals surface area (Å²) in [6.07, 6.45) is 0.476. The summed E-state index contributed by atoms with van der Waals surface area (Å²) in [6.45, 7) is 4.74. The number of piperazine rings is 1. The average molecular weight is 185 g/mol. The van der Waals surface area contributed by atoms with E-state index in [0.29, 0.717) is 6.17 Å². The first kappa shape index (κ1) is 8.53. The molecule has 1 atom stereocenters. The lowest BCUT2D eigenvalue weighted by atomic mass is 10.3. The van der Waals surface area contributed by atoms with Crippen molar-refractivity contribution < 1.29 is 0 Å². The number of aliphatic imine (C=N–C) groups is 1. The van der Waals surface area contributed by atoms with Crippen molar-refractivity contribution >= 4 is 17.3 Å². The number of thioether (sulfide) groups is 1. The molecule has 0 aliphatic carbocycles. The first-order valence-corrected chi connectivity index (χ1v) is 5.47. The molecule has 0 saturated carbocycles. The molecule has 0 aromatic rings. The Balaban J connectivity index is 1.84. The Morgan fingerprint density at radius 1 is 1.33 bits per heavy atom. The van der Waals surface area contributed by atoms with Gasteiger partial charge in [-0.2, -0.15) is 0 Å². The summed E-state index contributed by atoms with van der Waals surface area (Å²) in [6, 6.07) is 0. The van der Waals surface area contributed by atoms with Gasteiger partial charge < -0.3 is 4.90 Å². The van der Waals surface area contributed by atoms with Gasteiger partial charge in [-0.1, -0.05) is 0 Å². The highest BCUT2D eigenvalue weighted by Crippen LogP contribution is 2.16. The fourth-order valence-corrected chi connectivity index (χ4v) is 2.39. The zero-order valence-electron chi connectivity index (χ0n) is 7.44. The van der Waals surface area contributed by atoms with Crippen LogP contribution < -0.4 is 0 Å². The van der Waals surface area contributed by atoms with E-state index in [2.05, 4.69) is 21.8 Å². The van der Waals surface area contributed by atoms with Crippen LogP contribution in [-0.2, 0) is 0 Å². The average Bonchev–Trinajstić information content (AvgIpc) is 2.58. The minimum Gasteiger partial charge on any atom is -0.304 e. The van der Waals surface area contributed by atoms with Crippen LogP contribution in [0.2, 0.25) is 0 Å². The largest absolute Gasteiger partial charge is 0.304 e. The van der Waals surface area contributed by atoms with E-state index in [9.17, 15) is 0 Å². The first-order valence-electron chi connectivity index (χ1n) is 4.42. The SMILES string of the molecule is CN1CCN(C2CSC=N2)CC1. The molecule has 2 aliphatic rings. The van der Waals surface area contributed by atoms with Crippen molar-refractivity contribution in [2.24, 2.45) is 4.99 Å². The van der Waals surface area contributed by atoms with Crippen molar-refractivity contribution in [1.29, 1.82) is 0 Å². The van der Waals surface area contributed by atoms with Crippen LogP contribution in [0.1, 0.15) is 0 Å². The minimum absolute atomic E-state index is 0.476. The van der Waals surface area contributed by atoms with Crippen molar-refractivity contribution in [3.8, 4) is 0 Å².